The lowest BCUT2D eigenvalue weighted by Crippen LogP contribution is -2.35. The SMILES string of the molecule is O=[N+]([O-])[C@H]1[C@H](O)c2ccccc2S[C@@H]1c1ccc(Cl)cc1. The van der Waals surface area contributed by atoms with E-state index in [1.54, 1.807) is 36.4 Å². The lowest BCUT2D eigenvalue weighted by atomic mass is 9.95. The molecule has 0 unspecified atom stereocenters. The Hall–Kier alpha value is -1.56. The molecule has 2 aromatic carbocycles. The van der Waals surface area contributed by atoms with Crippen LogP contribution in [0.5, 0.6) is 0 Å². The van der Waals surface area contributed by atoms with Crippen molar-refractivity contribution in [2.45, 2.75) is 22.3 Å². The van der Waals surface area contributed by atoms with E-state index in [-0.39, 0.29) is 0 Å². The highest BCUT2D eigenvalue weighted by Gasteiger charge is 2.45. The molecule has 0 saturated carbocycles. The molecule has 0 radical (unpaired) electrons. The number of fused-ring (bicyclic) bond motifs is 1. The molecule has 1 aliphatic rings. The fourth-order valence-corrected chi connectivity index (χ4v) is 4.09. The summed E-state index contributed by atoms with van der Waals surface area (Å²) in [4.78, 5) is 11.9. The minimum Gasteiger partial charge on any atom is -0.381 e. The zero-order valence-electron chi connectivity index (χ0n) is 10.8. The highest BCUT2D eigenvalue weighted by molar-refractivity contribution is 7.99. The second-order valence-electron chi connectivity index (χ2n) is 4.85. The highest BCUT2D eigenvalue weighted by Crippen LogP contribution is 2.49. The van der Waals surface area contributed by atoms with E-state index in [9.17, 15) is 15.2 Å². The zero-order chi connectivity index (χ0) is 15.0. The van der Waals surface area contributed by atoms with Gasteiger partial charge in [-0.05, 0) is 23.8 Å². The molecular formula is C15H12ClNO3S. The van der Waals surface area contributed by atoms with Crippen molar-refractivity contribution in [2.24, 2.45) is 0 Å². The summed E-state index contributed by atoms with van der Waals surface area (Å²) in [6, 6.07) is 13.2. The predicted molar refractivity (Wildman–Crippen MR) is 82.2 cm³/mol. The van der Waals surface area contributed by atoms with Crippen LogP contribution >= 0.6 is 23.4 Å². The second kappa shape index (κ2) is 5.67. The van der Waals surface area contributed by atoms with Crippen LogP contribution in [0.15, 0.2) is 53.4 Å². The van der Waals surface area contributed by atoms with Crippen molar-refractivity contribution in [1.29, 1.82) is 0 Å². The minimum atomic E-state index is -1.11. The van der Waals surface area contributed by atoms with E-state index in [1.807, 2.05) is 12.1 Å². The van der Waals surface area contributed by atoms with Crippen LogP contribution < -0.4 is 0 Å². The van der Waals surface area contributed by atoms with E-state index in [0.717, 1.165) is 10.5 Å². The van der Waals surface area contributed by atoms with Crippen molar-refractivity contribution < 1.29 is 10.0 Å². The predicted octanol–water partition coefficient (Wildman–Crippen LogP) is 3.87. The van der Waals surface area contributed by atoms with Gasteiger partial charge in [0.25, 0.3) is 6.04 Å². The van der Waals surface area contributed by atoms with Crippen molar-refractivity contribution in [3.05, 3.63) is 74.8 Å². The third-order valence-corrected chi connectivity index (χ3v) is 5.25. The van der Waals surface area contributed by atoms with Gasteiger partial charge in [-0.2, -0.15) is 0 Å². The van der Waals surface area contributed by atoms with Gasteiger partial charge < -0.3 is 5.11 Å². The van der Waals surface area contributed by atoms with Gasteiger partial charge in [0.15, 0.2) is 0 Å². The number of thioether (sulfide) groups is 1. The highest BCUT2D eigenvalue weighted by atomic mass is 35.5. The number of halogens is 1. The molecule has 0 aromatic heterocycles. The Morgan fingerprint density at radius 3 is 2.48 bits per heavy atom. The first-order valence-corrected chi connectivity index (χ1v) is 7.66. The van der Waals surface area contributed by atoms with Crippen LogP contribution in [0.3, 0.4) is 0 Å². The van der Waals surface area contributed by atoms with Crippen LogP contribution in [0.1, 0.15) is 22.5 Å². The molecule has 0 aliphatic carbocycles. The molecule has 21 heavy (non-hydrogen) atoms. The van der Waals surface area contributed by atoms with Crippen LogP contribution in [0.4, 0.5) is 0 Å². The molecule has 1 N–H and O–H groups in total. The molecule has 1 heterocycles. The topological polar surface area (TPSA) is 63.4 Å². The molecule has 108 valence electrons. The third kappa shape index (κ3) is 2.64. The first-order valence-electron chi connectivity index (χ1n) is 6.40. The molecule has 0 amide bonds. The van der Waals surface area contributed by atoms with Crippen LogP contribution in [-0.4, -0.2) is 16.1 Å². The normalized spacial score (nSPS) is 24.4. The quantitative estimate of drug-likeness (QED) is 0.673. The standard InChI is InChI=1S/C15H12ClNO3S/c16-10-7-5-9(6-8-10)15-13(17(19)20)14(18)11-3-1-2-4-12(11)21-15/h1-8,13-15,18H/t13-,14+,15+/m0/s1. The monoisotopic (exact) mass is 321 g/mol. The molecular weight excluding hydrogens is 310 g/mol. The average Bonchev–Trinajstić information content (AvgIpc) is 2.47. The molecule has 0 saturated heterocycles. The number of rotatable bonds is 2. The Balaban J connectivity index is 2.06. The average molecular weight is 322 g/mol. The van der Waals surface area contributed by atoms with E-state index in [0.29, 0.717) is 10.6 Å². The molecule has 6 heteroatoms. The Morgan fingerprint density at radius 2 is 1.81 bits per heavy atom. The number of nitro groups is 1. The lowest BCUT2D eigenvalue weighted by molar-refractivity contribution is -0.536. The van der Waals surface area contributed by atoms with Gasteiger partial charge in [0, 0.05) is 20.4 Å². The number of hydrogen-bond donors (Lipinski definition) is 1. The van der Waals surface area contributed by atoms with E-state index in [1.165, 1.54) is 11.8 Å². The van der Waals surface area contributed by atoms with Gasteiger partial charge in [-0.3, -0.25) is 10.1 Å². The van der Waals surface area contributed by atoms with E-state index in [2.05, 4.69) is 0 Å². The molecule has 0 spiro atoms. The van der Waals surface area contributed by atoms with Crippen LogP contribution in [0, 0.1) is 10.1 Å². The van der Waals surface area contributed by atoms with Gasteiger partial charge in [-0.25, -0.2) is 0 Å². The first-order chi connectivity index (χ1) is 10.1. The van der Waals surface area contributed by atoms with Gasteiger partial charge in [0.2, 0.25) is 0 Å². The van der Waals surface area contributed by atoms with E-state index < -0.39 is 22.3 Å². The Morgan fingerprint density at radius 1 is 1.14 bits per heavy atom. The van der Waals surface area contributed by atoms with Gasteiger partial charge in [0.1, 0.15) is 11.4 Å². The molecule has 0 fully saturated rings. The number of hydrogen-bond acceptors (Lipinski definition) is 4. The molecule has 1 aliphatic heterocycles. The van der Waals surface area contributed by atoms with Crippen molar-refractivity contribution >= 4 is 23.4 Å². The maximum atomic E-state index is 11.4. The Bertz CT molecular complexity index is 677. The summed E-state index contributed by atoms with van der Waals surface area (Å²) in [6.07, 6.45) is -1.11. The summed E-state index contributed by atoms with van der Waals surface area (Å²) in [5.41, 5.74) is 1.41. The number of nitrogens with zero attached hydrogens (tertiary/aromatic N) is 1. The fraction of sp³-hybridized carbons (Fsp3) is 0.200. The Kier molecular flexibility index (Phi) is 3.89. The summed E-state index contributed by atoms with van der Waals surface area (Å²) in [5, 5.41) is 22.0. The summed E-state index contributed by atoms with van der Waals surface area (Å²) in [7, 11) is 0. The zero-order valence-corrected chi connectivity index (χ0v) is 12.4. The van der Waals surface area contributed by atoms with Gasteiger partial charge >= 0.3 is 0 Å². The van der Waals surface area contributed by atoms with Crippen LogP contribution in [0.25, 0.3) is 0 Å². The maximum Gasteiger partial charge on any atom is 0.258 e. The summed E-state index contributed by atoms with van der Waals surface area (Å²) >= 11 is 7.28. The number of benzene rings is 2. The molecule has 2 aromatic rings. The van der Waals surface area contributed by atoms with Crippen molar-refractivity contribution in [3.8, 4) is 0 Å². The Labute approximate surface area is 130 Å². The van der Waals surface area contributed by atoms with Gasteiger partial charge in [0.05, 0.1) is 0 Å². The van der Waals surface area contributed by atoms with E-state index in [4.69, 9.17) is 11.6 Å². The molecule has 4 nitrogen and oxygen atoms in total. The summed E-state index contributed by atoms with van der Waals surface area (Å²) in [6.45, 7) is 0. The molecule has 3 atom stereocenters. The summed E-state index contributed by atoms with van der Waals surface area (Å²) < 4.78 is 0. The van der Waals surface area contributed by atoms with Crippen molar-refractivity contribution in [3.63, 3.8) is 0 Å². The van der Waals surface area contributed by atoms with Crippen molar-refractivity contribution in [1.82, 2.24) is 0 Å². The number of aliphatic hydroxyl groups excluding tert-OH is 1. The van der Waals surface area contributed by atoms with Crippen molar-refractivity contribution in [2.75, 3.05) is 0 Å². The minimum absolute atomic E-state index is 0.396. The third-order valence-electron chi connectivity index (χ3n) is 3.57. The van der Waals surface area contributed by atoms with Crippen LogP contribution in [0.2, 0.25) is 5.02 Å². The van der Waals surface area contributed by atoms with E-state index >= 15 is 0 Å². The smallest absolute Gasteiger partial charge is 0.258 e. The number of aliphatic hydroxyl groups is 1. The van der Waals surface area contributed by atoms with Gasteiger partial charge in [-0.1, -0.05) is 41.9 Å². The summed E-state index contributed by atoms with van der Waals surface area (Å²) in [5.74, 6) is 0. The largest absolute Gasteiger partial charge is 0.381 e. The fourth-order valence-electron chi connectivity index (χ4n) is 2.53. The lowest BCUT2D eigenvalue weighted by Gasteiger charge is -2.31. The second-order valence-corrected chi connectivity index (χ2v) is 6.47. The van der Waals surface area contributed by atoms with Crippen LogP contribution in [-0.2, 0) is 0 Å². The molecule has 3 rings (SSSR count). The molecule has 0 bridgehead atoms. The maximum absolute atomic E-state index is 11.4. The first kappa shape index (κ1) is 14.4. The van der Waals surface area contributed by atoms with Gasteiger partial charge in [-0.15, -0.1) is 11.8 Å².